The van der Waals surface area contributed by atoms with Crippen LogP contribution < -0.4 is 5.32 Å². The largest absolute Gasteiger partial charge is 0.480 e. The first-order valence-electron chi connectivity index (χ1n) is 6.77. The second-order valence-corrected chi connectivity index (χ2v) is 5.13. The average Bonchev–Trinajstić information content (AvgIpc) is 2.41. The van der Waals surface area contributed by atoms with Crippen molar-refractivity contribution in [1.29, 1.82) is 0 Å². The van der Waals surface area contributed by atoms with Gasteiger partial charge in [0.15, 0.2) is 0 Å². The highest BCUT2D eigenvalue weighted by atomic mass is 19.1. The first kappa shape index (κ1) is 16.6. The Balaban J connectivity index is 2.67. The van der Waals surface area contributed by atoms with Crippen LogP contribution in [0.3, 0.4) is 0 Å². The van der Waals surface area contributed by atoms with Crippen LogP contribution in [0.5, 0.6) is 0 Å². The second-order valence-electron chi connectivity index (χ2n) is 5.13. The molecule has 1 aromatic rings. The maximum Gasteiger partial charge on any atom is 0.320 e. The van der Waals surface area contributed by atoms with Gasteiger partial charge >= 0.3 is 5.97 Å². The molecule has 0 aliphatic heterocycles. The topological polar surface area (TPSA) is 69.6 Å². The first-order chi connectivity index (χ1) is 9.36. The minimum atomic E-state index is -0.929. The van der Waals surface area contributed by atoms with Crippen LogP contribution in [0.25, 0.3) is 0 Å². The van der Waals surface area contributed by atoms with Crippen LogP contribution in [0.4, 0.5) is 4.39 Å². The number of aliphatic hydroxyl groups is 1. The molecule has 0 heterocycles. The number of hydrogen-bond donors (Lipinski definition) is 3. The summed E-state index contributed by atoms with van der Waals surface area (Å²) in [4.78, 5) is 11.2. The van der Waals surface area contributed by atoms with Crippen LogP contribution in [-0.2, 0) is 4.79 Å². The highest BCUT2D eigenvalue weighted by molar-refractivity contribution is 5.73. The minimum absolute atomic E-state index is 0.0327. The Morgan fingerprint density at radius 1 is 1.45 bits per heavy atom. The summed E-state index contributed by atoms with van der Waals surface area (Å²) in [6, 6.07) is 3.68. The number of nitrogens with one attached hydrogen (secondary N) is 1. The third-order valence-electron chi connectivity index (χ3n) is 3.58. The molecule has 3 unspecified atom stereocenters. The predicted octanol–water partition coefficient (Wildman–Crippen LogP) is 2.26. The summed E-state index contributed by atoms with van der Waals surface area (Å²) in [7, 11) is 0. The second kappa shape index (κ2) is 7.36. The van der Waals surface area contributed by atoms with Gasteiger partial charge < -0.3 is 15.5 Å². The zero-order valence-electron chi connectivity index (χ0n) is 12.1. The fraction of sp³-hybridized carbons (Fsp3) is 0.533. The van der Waals surface area contributed by atoms with Crippen molar-refractivity contribution in [2.24, 2.45) is 5.92 Å². The number of benzene rings is 1. The summed E-state index contributed by atoms with van der Waals surface area (Å²) in [6.07, 6.45) is -0.129. The Kier molecular flexibility index (Phi) is 6.10. The lowest BCUT2D eigenvalue weighted by atomic mass is 9.98. The predicted molar refractivity (Wildman–Crippen MR) is 75.0 cm³/mol. The molecule has 0 bridgehead atoms. The van der Waals surface area contributed by atoms with E-state index in [9.17, 15) is 14.3 Å². The zero-order chi connectivity index (χ0) is 15.3. The molecule has 112 valence electrons. The molecular weight excluding hydrogens is 261 g/mol. The first-order valence-corrected chi connectivity index (χ1v) is 6.77. The Labute approximate surface area is 118 Å². The van der Waals surface area contributed by atoms with Gasteiger partial charge in [0.25, 0.3) is 0 Å². The van der Waals surface area contributed by atoms with Crippen LogP contribution in [0.15, 0.2) is 18.2 Å². The van der Waals surface area contributed by atoms with Crippen LogP contribution in [0.1, 0.15) is 37.5 Å². The molecule has 3 atom stereocenters. The van der Waals surface area contributed by atoms with E-state index in [1.807, 2.05) is 13.8 Å². The normalized spacial score (nSPS) is 15.7. The molecule has 0 saturated carbocycles. The molecule has 0 saturated heterocycles. The fourth-order valence-corrected chi connectivity index (χ4v) is 2.00. The molecule has 20 heavy (non-hydrogen) atoms. The van der Waals surface area contributed by atoms with E-state index < -0.39 is 18.1 Å². The molecule has 0 fully saturated rings. The molecule has 0 radical (unpaired) electrons. The van der Waals surface area contributed by atoms with Gasteiger partial charge in [-0.05, 0) is 30.0 Å². The van der Waals surface area contributed by atoms with E-state index in [0.29, 0.717) is 11.1 Å². The monoisotopic (exact) mass is 283 g/mol. The van der Waals surface area contributed by atoms with Gasteiger partial charge in [-0.1, -0.05) is 32.4 Å². The summed E-state index contributed by atoms with van der Waals surface area (Å²) in [5, 5.41) is 22.0. The van der Waals surface area contributed by atoms with Crippen molar-refractivity contribution in [3.05, 3.63) is 35.1 Å². The van der Waals surface area contributed by atoms with E-state index >= 15 is 0 Å². The highest BCUT2D eigenvalue weighted by Crippen LogP contribution is 2.17. The lowest BCUT2D eigenvalue weighted by Gasteiger charge is -2.22. The average molecular weight is 283 g/mol. The molecule has 0 aliphatic rings. The number of carboxylic acid groups (broad SMARTS) is 1. The quantitative estimate of drug-likeness (QED) is 0.718. The lowest BCUT2D eigenvalue weighted by molar-refractivity contribution is -0.141. The number of aliphatic carboxylic acids is 1. The van der Waals surface area contributed by atoms with Gasteiger partial charge in [-0.2, -0.15) is 0 Å². The molecule has 1 rings (SSSR count). The number of carboxylic acids is 1. The number of rotatable bonds is 7. The van der Waals surface area contributed by atoms with Gasteiger partial charge in [-0.15, -0.1) is 0 Å². The molecule has 5 heteroatoms. The SMILES string of the molecule is CCC(C)C(NCC(O)c1ccc(F)c(C)c1)C(=O)O. The van der Waals surface area contributed by atoms with Crippen LogP contribution >= 0.6 is 0 Å². The van der Waals surface area contributed by atoms with Gasteiger partial charge in [0, 0.05) is 6.54 Å². The summed E-state index contributed by atoms with van der Waals surface area (Å²) in [6.45, 7) is 5.51. The summed E-state index contributed by atoms with van der Waals surface area (Å²) in [5.74, 6) is -1.28. The Hall–Kier alpha value is -1.46. The Morgan fingerprint density at radius 2 is 2.10 bits per heavy atom. The van der Waals surface area contributed by atoms with Gasteiger partial charge in [-0.3, -0.25) is 4.79 Å². The number of halogens is 1. The van der Waals surface area contributed by atoms with Crippen molar-refractivity contribution in [2.75, 3.05) is 6.54 Å². The van der Waals surface area contributed by atoms with Gasteiger partial charge in [-0.25, -0.2) is 4.39 Å². The number of aryl methyl sites for hydroxylation is 1. The van der Waals surface area contributed by atoms with Crippen molar-refractivity contribution in [2.45, 2.75) is 39.3 Å². The van der Waals surface area contributed by atoms with Crippen molar-refractivity contribution in [3.8, 4) is 0 Å². The van der Waals surface area contributed by atoms with Crippen LogP contribution in [0, 0.1) is 18.7 Å². The maximum absolute atomic E-state index is 13.2. The molecule has 0 aliphatic carbocycles. The van der Waals surface area contributed by atoms with Crippen molar-refractivity contribution < 1.29 is 19.4 Å². The zero-order valence-corrected chi connectivity index (χ0v) is 12.1. The third-order valence-corrected chi connectivity index (χ3v) is 3.58. The van der Waals surface area contributed by atoms with Gasteiger partial charge in [0.1, 0.15) is 11.9 Å². The Morgan fingerprint density at radius 3 is 2.60 bits per heavy atom. The molecule has 1 aromatic carbocycles. The van der Waals surface area contributed by atoms with Crippen LogP contribution in [0.2, 0.25) is 0 Å². The summed E-state index contributed by atoms with van der Waals surface area (Å²) < 4.78 is 13.2. The van der Waals surface area contributed by atoms with E-state index in [1.165, 1.54) is 12.1 Å². The van der Waals surface area contributed by atoms with E-state index in [2.05, 4.69) is 5.32 Å². The van der Waals surface area contributed by atoms with Gasteiger partial charge in [0.05, 0.1) is 6.10 Å². The van der Waals surface area contributed by atoms with Gasteiger partial charge in [0.2, 0.25) is 0 Å². The lowest BCUT2D eigenvalue weighted by Crippen LogP contribution is -2.43. The van der Waals surface area contributed by atoms with Crippen molar-refractivity contribution in [1.82, 2.24) is 5.32 Å². The molecule has 0 aromatic heterocycles. The molecule has 4 nitrogen and oxygen atoms in total. The smallest absolute Gasteiger partial charge is 0.320 e. The van der Waals surface area contributed by atoms with E-state index in [4.69, 9.17) is 5.11 Å². The fourth-order valence-electron chi connectivity index (χ4n) is 2.00. The standard InChI is InChI=1S/C15H22FNO3/c1-4-9(2)14(15(19)20)17-8-13(18)11-5-6-12(16)10(3)7-11/h5-7,9,13-14,17-18H,4,8H2,1-3H3,(H,19,20). The van der Waals surface area contributed by atoms with Crippen LogP contribution in [-0.4, -0.2) is 28.8 Å². The van der Waals surface area contributed by atoms with E-state index in [1.54, 1.807) is 13.0 Å². The highest BCUT2D eigenvalue weighted by Gasteiger charge is 2.23. The van der Waals surface area contributed by atoms with Crippen molar-refractivity contribution in [3.63, 3.8) is 0 Å². The number of hydrogen-bond acceptors (Lipinski definition) is 3. The molecule has 0 spiro atoms. The minimum Gasteiger partial charge on any atom is -0.480 e. The van der Waals surface area contributed by atoms with E-state index in [-0.39, 0.29) is 18.3 Å². The Bertz CT molecular complexity index is 464. The van der Waals surface area contributed by atoms with E-state index in [0.717, 1.165) is 6.42 Å². The molecular formula is C15H22FNO3. The van der Waals surface area contributed by atoms with Crippen molar-refractivity contribution >= 4 is 5.97 Å². The maximum atomic E-state index is 13.2. The summed E-state index contributed by atoms with van der Waals surface area (Å²) >= 11 is 0. The third kappa shape index (κ3) is 4.28. The number of aliphatic hydroxyl groups excluding tert-OH is 1. The molecule has 0 amide bonds. The summed E-state index contributed by atoms with van der Waals surface area (Å²) in [5.41, 5.74) is 1.03. The number of carbonyl (C=O) groups is 1. The molecule has 3 N–H and O–H groups in total.